The van der Waals surface area contributed by atoms with Gasteiger partial charge in [0.2, 0.25) is 0 Å². The third kappa shape index (κ3) is 3.27. The maximum atomic E-state index is 10.8. The Morgan fingerprint density at radius 2 is 1.95 bits per heavy atom. The fourth-order valence-corrected chi connectivity index (χ4v) is 2.18. The first-order valence-electron chi connectivity index (χ1n) is 6.21. The van der Waals surface area contributed by atoms with Crippen LogP contribution in [0.2, 0.25) is 5.02 Å². The van der Waals surface area contributed by atoms with E-state index in [9.17, 15) is 10.1 Å². The van der Waals surface area contributed by atoms with Crippen molar-refractivity contribution in [3.8, 4) is 0 Å². The van der Waals surface area contributed by atoms with E-state index in [1.807, 2.05) is 26.0 Å². The molecule has 0 amide bonds. The predicted molar refractivity (Wildman–Crippen MR) is 81.3 cm³/mol. The van der Waals surface area contributed by atoms with Crippen LogP contribution in [0, 0.1) is 24.0 Å². The minimum atomic E-state index is -0.432. The van der Waals surface area contributed by atoms with E-state index in [0.717, 1.165) is 5.56 Å². The minimum absolute atomic E-state index is 0.0255. The SMILES string of the molecule is Cc1ccc(CNc2cc([N+](=O)[O-])ccc2Cl)c(C)c1. The van der Waals surface area contributed by atoms with Crippen molar-refractivity contribution in [2.75, 3.05) is 5.32 Å². The fraction of sp³-hybridized carbons (Fsp3) is 0.200. The molecule has 0 saturated carbocycles. The number of rotatable bonds is 4. The summed E-state index contributed by atoms with van der Waals surface area (Å²) in [5.74, 6) is 0. The van der Waals surface area contributed by atoms with Gasteiger partial charge in [0, 0.05) is 18.7 Å². The highest BCUT2D eigenvalue weighted by molar-refractivity contribution is 6.33. The highest BCUT2D eigenvalue weighted by atomic mass is 35.5. The van der Waals surface area contributed by atoms with Gasteiger partial charge in [-0.2, -0.15) is 0 Å². The molecule has 20 heavy (non-hydrogen) atoms. The molecule has 0 aliphatic carbocycles. The Hall–Kier alpha value is -2.07. The summed E-state index contributed by atoms with van der Waals surface area (Å²) in [6.07, 6.45) is 0. The van der Waals surface area contributed by atoms with Gasteiger partial charge in [-0.1, -0.05) is 35.4 Å². The van der Waals surface area contributed by atoms with Gasteiger partial charge in [-0.3, -0.25) is 10.1 Å². The average Bonchev–Trinajstić information content (AvgIpc) is 2.39. The third-order valence-electron chi connectivity index (χ3n) is 3.13. The first-order chi connectivity index (χ1) is 9.47. The first kappa shape index (κ1) is 14.3. The maximum absolute atomic E-state index is 10.8. The molecule has 2 rings (SSSR count). The molecule has 0 aliphatic heterocycles. The number of hydrogen-bond donors (Lipinski definition) is 1. The molecular formula is C15H15ClN2O2. The summed E-state index contributed by atoms with van der Waals surface area (Å²) in [5, 5.41) is 14.4. The summed E-state index contributed by atoms with van der Waals surface area (Å²) in [5.41, 5.74) is 4.12. The van der Waals surface area contributed by atoms with Crippen LogP contribution in [0.1, 0.15) is 16.7 Å². The van der Waals surface area contributed by atoms with Crippen molar-refractivity contribution in [1.82, 2.24) is 0 Å². The van der Waals surface area contributed by atoms with Gasteiger partial charge in [0.15, 0.2) is 0 Å². The van der Waals surface area contributed by atoms with Gasteiger partial charge >= 0.3 is 0 Å². The lowest BCUT2D eigenvalue weighted by Gasteiger charge is -2.11. The van der Waals surface area contributed by atoms with E-state index in [4.69, 9.17) is 11.6 Å². The predicted octanol–water partition coefficient (Wildman–Crippen LogP) is 4.48. The van der Waals surface area contributed by atoms with Crippen LogP contribution in [0.3, 0.4) is 0 Å². The van der Waals surface area contributed by atoms with Crippen LogP contribution in [0.15, 0.2) is 36.4 Å². The average molecular weight is 291 g/mol. The summed E-state index contributed by atoms with van der Waals surface area (Å²) in [7, 11) is 0. The van der Waals surface area contributed by atoms with Gasteiger partial charge in [0.1, 0.15) is 0 Å². The molecule has 0 unspecified atom stereocenters. The van der Waals surface area contributed by atoms with Crippen molar-refractivity contribution in [2.24, 2.45) is 0 Å². The van der Waals surface area contributed by atoms with Crippen molar-refractivity contribution in [3.05, 3.63) is 68.2 Å². The van der Waals surface area contributed by atoms with Crippen LogP contribution in [0.25, 0.3) is 0 Å². The van der Waals surface area contributed by atoms with Gasteiger partial charge < -0.3 is 5.32 Å². The van der Waals surface area contributed by atoms with Gasteiger partial charge in [-0.05, 0) is 31.0 Å². The summed E-state index contributed by atoms with van der Waals surface area (Å²) in [6.45, 7) is 4.66. The van der Waals surface area contributed by atoms with E-state index in [1.54, 1.807) is 0 Å². The molecule has 0 aliphatic rings. The monoisotopic (exact) mass is 290 g/mol. The second kappa shape index (κ2) is 5.92. The highest BCUT2D eigenvalue weighted by Crippen LogP contribution is 2.27. The molecule has 0 spiro atoms. The van der Waals surface area contributed by atoms with Crippen molar-refractivity contribution >= 4 is 23.0 Å². The molecule has 0 saturated heterocycles. The molecule has 0 fully saturated rings. The lowest BCUT2D eigenvalue weighted by Crippen LogP contribution is -2.02. The van der Waals surface area contributed by atoms with Gasteiger partial charge in [0.05, 0.1) is 15.6 Å². The van der Waals surface area contributed by atoms with Gasteiger partial charge in [-0.25, -0.2) is 0 Å². The van der Waals surface area contributed by atoms with Crippen LogP contribution >= 0.6 is 11.6 Å². The molecule has 104 valence electrons. The van der Waals surface area contributed by atoms with E-state index >= 15 is 0 Å². The Balaban J connectivity index is 2.18. The van der Waals surface area contributed by atoms with E-state index in [2.05, 4.69) is 11.4 Å². The Labute approximate surface area is 122 Å². The topological polar surface area (TPSA) is 55.2 Å². The van der Waals surface area contributed by atoms with E-state index in [-0.39, 0.29) is 5.69 Å². The Bertz CT molecular complexity index is 656. The number of nitrogens with one attached hydrogen (secondary N) is 1. The van der Waals surface area contributed by atoms with Crippen molar-refractivity contribution < 1.29 is 4.92 Å². The van der Waals surface area contributed by atoms with E-state index in [0.29, 0.717) is 17.3 Å². The Morgan fingerprint density at radius 1 is 1.20 bits per heavy atom. The number of anilines is 1. The van der Waals surface area contributed by atoms with Crippen LogP contribution < -0.4 is 5.32 Å². The third-order valence-corrected chi connectivity index (χ3v) is 3.46. The number of halogens is 1. The quantitative estimate of drug-likeness (QED) is 0.667. The molecule has 4 nitrogen and oxygen atoms in total. The summed E-state index contributed by atoms with van der Waals surface area (Å²) in [6, 6.07) is 10.6. The number of benzene rings is 2. The molecule has 2 aromatic carbocycles. The van der Waals surface area contributed by atoms with Crippen molar-refractivity contribution in [1.29, 1.82) is 0 Å². The zero-order chi connectivity index (χ0) is 14.7. The largest absolute Gasteiger partial charge is 0.380 e. The summed E-state index contributed by atoms with van der Waals surface area (Å²) in [4.78, 5) is 10.3. The molecular weight excluding hydrogens is 276 g/mol. The molecule has 0 radical (unpaired) electrons. The molecule has 1 N–H and O–H groups in total. The molecule has 0 aromatic heterocycles. The molecule has 0 atom stereocenters. The smallest absolute Gasteiger partial charge is 0.271 e. The summed E-state index contributed by atoms with van der Waals surface area (Å²) >= 11 is 6.05. The molecule has 5 heteroatoms. The van der Waals surface area contributed by atoms with Gasteiger partial charge in [-0.15, -0.1) is 0 Å². The number of nitrogens with zero attached hydrogens (tertiary/aromatic N) is 1. The Kier molecular flexibility index (Phi) is 4.25. The normalized spacial score (nSPS) is 10.3. The fourth-order valence-electron chi connectivity index (χ4n) is 2.00. The molecule has 0 bridgehead atoms. The lowest BCUT2D eigenvalue weighted by atomic mass is 10.1. The van der Waals surface area contributed by atoms with Crippen molar-refractivity contribution in [3.63, 3.8) is 0 Å². The lowest BCUT2D eigenvalue weighted by molar-refractivity contribution is -0.384. The van der Waals surface area contributed by atoms with Crippen molar-refractivity contribution in [2.45, 2.75) is 20.4 Å². The highest BCUT2D eigenvalue weighted by Gasteiger charge is 2.09. The molecule has 0 heterocycles. The second-order valence-electron chi connectivity index (χ2n) is 4.70. The zero-order valence-corrected chi connectivity index (χ0v) is 12.1. The van der Waals surface area contributed by atoms with Crippen LogP contribution in [-0.2, 0) is 6.54 Å². The summed E-state index contributed by atoms with van der Waals surface area (Å²) < 4.78 is 0. The standard InChI is InChI=1S/C15H15ClN2O2/c1-10-3-4-12(11(2)7-10)9-17-15-8-13(18(19)20)5-6-14(15)16/h3-8,17H,9H2,1-2H3. The Morgan fingerprint density at radius 3 is 2.60 bits per heavy atom. The van der Waals surface area contributed by atoms with E-state index in [1.165, 1.54) is 29.3 Å². The maximum Gasteiger partial charge on any atom is 0.271 e. The number of nitro benzene ring substituents is 1. The van der Waals surface area contributed by atoms with Crippen LogP contribution in [0.4, 0.5) is 11.4 Å². The first-order valence-corrected chi connectivity index (χ1v) is 6.59. The molecule has 2 aromatic rings. The number of aryl methyl sites for hydroxylation is 2. The number of hydrogen-bond acceptors (Lipinski definition) is 3. The van der Waals surface area contributed by atoms with Crippen LogP contribution in [-0.4, -0.2) is 4.92 Å². The number of nitro groups is 1. The zero-order valence-electron chi connectivity index (χ0n) is 11.3. The minimum Gasteiger partial charge on any atom is -0.380 e. The second-order valence-corrected chi connectivity index (χ2v) is 5.11. The number of non-ortho nitro benzene ring substituents is 1. The van der Waals surface area contributed by atoms with Gasteiger partial charge in [0.25, 0.3) is 5.69 Å². The van der Waals surface area contributed by atoms with Crippen LogP contribution in [0.5, 0.6) is 0 Å². The van der Waals surface area contributed by atoms with E-state index < -0.39 is 4.92 Å².